The largest absolute Gasteiger partial charge is 0.327 e. The van der Waals surface area contributed by atoms with Crippen LogP contribution in [0.1, 0.15) is 64.2 Å². The van der Waals surface area contributed by atoms with Crippen molar-refractivity contribution < 1.29 is 9.09 Å². The van der Waals surface area contributed by atoms with Crippen molar-refractivity contribution >= 4 is 8.69 Å². The highest BCUT2D eigenvalue weighted by molar-refractivity contribution is 7.17. The van der Waals surface area contributed by atoms with Crippen LogP contribution in [0, 0.1) is 11.8 Å². The first kappa shape index (κ1) is 12.5. The Kier molecular flexibility index (Phi) is 5.25. The second-order valence-corrected chi connectivity index (χ2v) is 5.80. The zero-order valence-corrected chi connectivity index (χ0v) is 11.0. The molecule has 0 aromatic heterocycles. The summed E-state index contributed by atoms with van der Waals surface area (Å²) < 4.78 is 16.3. The van der Waals surface area contributed by atoms with Gasteiger partial charge in [-0.05, 0) is 37.5 Å². The van der Waals surface area contributed by atoms with Gasteiger partial charge in [-0.1, -0.05) is 38.5 Å². The van der Waals surface area contributed by atoms with Crippen LogP contribution < -0.4 is 0 Å². The molecule has 0 N–H and O–H groups in total. The maximum Gasteiger partial charge on any atom is 0.327 e. The van der Waals surface area contributed by atoms with Gasteiger partial charge in [0, 0.05) is 0 Å². The molecule has 2 aliphatic carbocycles. The van der Waals surface area contributed by atoms with Crippen molar-refractivity contribution in [3.05, 3.63) is 0 Å². The molecule has 3 heteroatoms. The summed E-state index contributed by atoms with van der Waals surface area (Å²) in [5.74, 6) is 1.36. The Balaban J connectivity index is 1.93. The molecule has 0 atom stereocenters. The lowest BCUT2D eigenvalue weighted by molar-refractivity contribution is 0.0492. The normalized spacial score (nSPS) is 25.3. The monoisotopic (exact) mass is 242 g/mol. The van der Waals surface area contributed by atoms with Gasteiger partial charge in [0.25, 0.3) is 0 Å². The van der Waals surface area contributed by atoms with E-state index in [-0.39, 0.29) is 14.8 Å². The molecule has 0 radical (unpaired) electrons. The standard InChI is InChI=1S/C13H23O2P/c14-16-15-13(11-7-3-1-4-8-11)12-9-5-2-6-10-12/h11-13H,1-10H2. The van der Waals surface area contributed by atoms with E-state index in [1.165, 1.54) is 64.2 Å². The fourth-order valence-electron chi connectivity index (χ4n) is 3.53. The van der Waals surface area contributed by atoms with E-state index in [4.69, 9.17) is 4.52 Å². The van der Waals surface area contributed by atoms with E-state index in [0.717, 1.165) is 0 Å². The first-order chi connectivity index (χ1) is 7.92. The van der Waals surface area contributed by atoms with Crippen LogP contribution in [0.15, 0.2) is 0 Å². The second kappa shape index (κ2) is 6.71. The first-order valence-electron chi connectivity index (χ1n) is 6.90. The third kappa shape index (κ3) is 3.28. The van der Waals surface area contributed by atoms with Gasteiger partial charge in [0.05, 0.1) is 6.10 Å². The Morgan fingerprint density at radius 3 is 1.62 bits per heavy atom. The Morgan fingerprint density at radius 1 is 0.812 bits per heavy atom. The first-order valence-corrected chi connectivity index (χ1v) is 7.63. The molecule has 92 valence electrons. The molecule has 0 amide bonds. The van der Waals surface area contributed by atoms with E-state index in [1.807, 2.05) is 0 Å². The topological polar surface area (TPSA) is 26.3 Å². The van der Waals surface area contributed by atoms with Crippen LogP contribution in [0.5, 0.6) is 0 Å². The molecular weight excluding hydrogens is 219 g/mol. The van der Waals surface area contributed by atoms with E-state index in [1.54, 1.807) is 0 Å². The van der Waals surface area contributed by atoms with Crippen LogP contribution in [-0.4, -0.2) is 6.10 Å². The molecule has 0 aromatic carbocycles. The number of rotatable bonds is 4. The summed E-state index contributed by atoms with van der Waals surface area (Å²) in [7, 11) is -0.108. The van der Waals surface area contributed by atoms with Gasteiger partial charge in [0.15, 0.2) is 0 Å². The number of hydrogen-bond donors (Lipinski definition) is 0. The summed E-state index contributed by atoms with van der Waals surface area (Å²) in [6, 6.07) is 0. The van der Waals surface area contributed by atoms with Gasteiger partial charge in [0.2, 0.25) is 0 Å². The third-order valence-corrected chi connectivity index (χ3v) is 4.72. The van der Waals surface area contributed by atoms with Gasteiger partial charge in [-0.25, -0.2) is 4.57 Å². The molecule has 16 heavy (non-hydrogen) atoms. The van der Waals surface area contributed by atoms with Gasteiger partial charge < -0.3 is 0 Å². The van der Waals surface area contributed by atoms with Crippen LogP contribution in [0.4, 0.5) is 0 Å². The Labute approximate surface area is 100 Å². The average molecular weight is 242 g/mol. The highest BCUT2D eigenvalue weighted by Gasteiger charge is 2.32. The van der Waals surface area contributed by atoms with Gasteiger partial charge in [-0.2, -0.15) is 0 Å². The quantitative estimate of drug-likeness (QED) is 0.665. The average Bonchev–Trinajstić information content (AvgIpc) is 2.38. The van der Waals surface area contributed by atoms with E-state index in [0.29, 0.717) is 11.8 Å². The van der Waals surface area contributed by atoms with Crippen molar-refractivity contribution in [1.29, 1.82) is 0 Å². The Morgan fingerprint density at radius 2 is 1.25 bits per heavy atom. The van der Waals surface area contributed by atoms with Crippen LogP contribution in [0.25, 0.3) is 0 Å². The minimum absolute atomic E-state index is 0.108. The van der Waals surface area contributed by atoms with Gasteiger partial charge in [-0.15, -0.1) is 0 Å². The summed E-state index contributed by atoms with van der Waals surface area (Å²) in [6.07, 6.45) is 13.5. The van der Waals surface area contributed by atoms with Crippen LogP contribution in [0.2, 0.25) is 0 Å². The van der Waals surface area contributed by atoms with Crippen molar-refractivity contribution in [1.82, 2.24) is 0 Å². The summed E-state index contributed by atoms with van der Waals surface area (Å²) >= 11 is 0. The van der Waals surface area contributed by atoms with Crippen LogP contribution >= 0.6 is 8.69 Å². The van der Waals surface area contributed by atoms with E-state index < -0.39 is 0 Å². The van der Waals surface area contributed by atoms with Crippen molar-refractivity contribution in [3.8, 4) is 0 Å². The molecule has 0 aliphatic heterocycles. The van der Waals surface area contributed by atoms with Crippen LogP contribution in [0.3, 0.4) is 0 Å². The third-order valence-electron chi connectivity index (χ3n) is 4.39. The smallest absolute Gasteiger partial charge is 0.290 e. The minimum Gasteiger partial charge on any atom is -0.290 e. The summed E-state index contributed by atoms with van der Waals surface area (Å²) in [5, 5.41) is 0. The maximum atomic E-state index is 10.8. The van der Waals surface area contributed by atoms with Gasteiger partial charge in [0.1, 0.15) is 0 Å². The fraction of sp³-hybridized carbons (Fsp3) is 1.00. The number of hydrogen-bond acceptors (Lipinski definition) is 2. The maximum absolute atomic E-state index is 10.8. The molecular formula is C13H23O2P. The van der Waals surface area contributed by atoms with E-state index >= 15 is 0 Å². The lowest BCUT2D eigenvalue weighted by Crippen LogP contribution is -2.32. The SMILES string of the molecule is O=POC(C1CCCCC1)C1CCCCC1. The van der Waals surface area contributed by atoms with E-state index in [2.05, 4.69) is 0 Å². The molecule has 0 saturated heterocycles. The second-order valence-electron chi connectivity index (χ2n) is 5.44. The van der Waals surface area contributed by atoms with Crippen LogP contribution in [-0.2, 0) is 9.09 Å². The Bertz CT molecular complexity index is 190. The zero-order chi connectivity index (χ0) is 11.2. The molecule has 0 spiro atoms. The summed E-state index contributed by atoms with van der Waals surface area (Å²) in [5.41, 5.74) is 0. The fourth-order valence-corrected chi connectivity index (χ4v) is 3.98. The zero-order valence-electron chi connectivity index (χ0n) is 10.1. The van der Waals surface area contributed by atoms with Crippen molar-refractivity contribution in [2.45, 2.75) is 70.3 Å². The predicted octanol–water partition coefficient (Wildman–Crippen LogP) is 4.74. The molecule has 0 heterocycles. The van der Waals surface area contributed by atoms with Gasteiger partial charge in [-0.3, -0.25) is 4.52 Å². The molecule has 0 unspecified atom stereocenters. The summed E-state index contributed by atoms with van der Waals surface area (Å²) in [4.78, 5) is 0. The molecule has 0 aromatic rings. The molecule has 2 saturated carbocycles. The molecule has 2 fully saturated rings. The van der Waals surface area contributed by atoms with E-state index in [9.17, 15) is 4.57 Å². The summed E-state index contributed by atoms with van der Waals surface area (Å²) in [6.45, 7) is 0. The van der Waals surface area contributed by atoms with Crippen molar-refractivity contribution in [3.63, 3.8) is 0 Å². The highest BCUT2D eigenvalue weighted by atomic mass is 31.1. The van der Waals surface area contributed by atoms with Crippen molar-refractivity contribution in [2.24, 2.45) is 11.8 Å². The molecule has 2 aliphatic rings. The minimum atomic E-state index is -0.108. The highest BCUT2D eigenvalue weighted by Crippen LogP contribution is 2.38. The van der Waals surface area contributed by atoms with Crippen molar-refractivity contribution in [2.75, 3.05) is 0 Å². The van der Waals surface area contributed by atoms with Gasteiger partial charge >= 0.3 is 8.69 Å². The predicted molar refractivity (Wildman–Crippen MR) is 65.6 cm³/mol. The molecule has 2 nitrogen and oxygen atoms in total. The lowest BCUT2D eigenvalue weighted by Gasteiger charge is -2.35. The molecule has 2 rings (SSSR count). The lowest BCUT2D eigenvalue weighted by atomic mass is 9.75. The molecule has 0 bridgehead atoms. The Hall–Kier alpha value is 0.0600.